The molecule has 0 saturated heterocycles. The van der Waals surface area contributed by atoms with Crippen LogP contribution in [0.25, 0.3) is 0 Å². The number of nitrogens with zero attached hydrogens (tertiary/aromatic N) is 2. The van der Waals surface area contributed by atoms with Gasteiger partial charge in [0.1, 0.15) is 0 Å². The summed E-state index contributed by atoms with van der Waals surface area (Å²) in [6.45, 7) is 6.20. The fourth-order valence-corrected chi connectivity index (χ4v) is 3.26. The highest BCUT2D eigenvalue weighted by molar-refractivity contribution is 4.95. The molecule has 0 saturated carbocycles. The van der Waals surface area contributed by atoms with Crippen molar-refractivity contribution in [2.75, 3.05) is 26.2 Å². The lowest BCUT2D eigenvalue weighted by Gasteiger charge is -2.29. The summed E-state index contributed by atoms with van der Waals surface area (Å²) in [4.78, 5) is 4.87. The molecule has 23 heavy (non-hydrogen) atoms. The smallest absolute Gasteiger partial charge is 0.0977 e. The first-order chi connectivity index (χ1) is 11.3. The lowest BCUT2D eigenvalue weighted by Crippen LogP contribution is -2.37. The molecule has 0 radical (unpaired) electrons. The number of hydrogen-bond donors (Lipinski definition) is 2. The van der Waals surface area contributed by atoms with Gasteiger partial charge in [-0.2, -0.15) is 0 Å². The molecular weight excluding hydrogens is 284 g/mol. The van der Waals surface area contributed by atoms with Gasteiger partial charge < -0.3 is 21.3 Å². The Morgan fingerprint density at radius 2 is 1.00 bits per heavy atom. The molecule has 1 heterocycles. The number of unbranched alkanes of at least 4 members (excludes halogenated alkanes) is 9. The van der Waals surface area contributed by atoms with Crippen LogP contribution in [-0.4, -0.2) is 42.1 Å². The number of hydrogen-bond acceptors (Lipinski definition) is 4. The first kappa shape index (κ1) is 20.3. The third-order valence-corrected chi connectivity index (χ3v) is 4.90. The maximum Gasteiger partial charge on any atom is 0.0977 e. The second-order valence-corrected chi connectivity index (χ2v) is 6.87. The van der Waals surface area contributed by atoms with Gasteiger partial charge >= 0.3 is 0 Å². The fraction of sp³-hybridized carbons (Fsp3) is 0.895. The molecule has 1 rings (SSSR count). The van der Waals surface area contributed by atoms with Crippen molar-refractivity contribution in [3.05, 3.63) is 12.4 Å². The van der Waals surface area contributed by atoms with Crippen molar-refractivity contribution in [1.82, 2.24) is 9.80 Å². The third kappa shape index (κ3) is 9.21. The monoisotopic (exact) mass is 324 g/mol. The average Bonchev–Trinajstić information content (AvgIpc) is 2.91. The van der Waals surface area contributed by atoms with Crippen LogP contribution in [0.3, 0.4) is 0 Å². The zero-order valence-corrected chi connectivity index (χ0v) is 15.4. The molecule has 0 aliphatic carbocycles. The van der Waals surface area contributed by atoms with Gasteiger partial charge in [0.05, 0.1) is 6.17 Å². The highest BCUT2D eigenvalue weighted by Crippen LogP contribution is 2.17. The van der Waals surface area contributed by atoms with Crippen molar-refractivity contribution in [2.24, 2.45) is 11.5 Å². The van der Waals surface area contributed by atoms with Crippen molar-refractivity contribution in [1.29, 1.82) is 0 Å². The van der Waals surface area contributed by atoms with Crippen molar-refractivity contribution >= 4 is 0 Å². The molecule has 0 bridgehead atoms. The largest absolute Gasteiger partial charge is 0.356 e. The Kier molecular flexibility index (Phi) is 12.1. The van der Waals surface area contributed by atoms with E-state index in [4.69, 9.17) is 11.5 Å². The van der Waals surface area contributed by atoms with E-state index in [0.717, 1.165) is 26.1 Å². The summed E-state index contributed by atoms with van der Waals surface area (Å²) in [5, 5.41) is 0. The molecule has 1 aliphatic rings. The number of rotatable bonds is 15. The molecule has 4 nitrogen and oxygen atoms in total. The molecule has 0 aromatic heterocycles. The summed E-state index contributed by atoms with van der Waals surface area (Å²) < 4.78 is 0. The van der Waals surface area contributed by atoms with Crippen molar-refractivity contribution in [3.63, 3.8) is 0 Å². The van der Waals surface area contributed by atoms with E-state index in [1.165, 1.54) is 70.8 Å². The Morgan fingerprint density at radius 3 is 1.48 bits per heavy atom. The Balaban J connectivity index is 1.89. The highest BCUT2D eigenvalue weighted by atomic mass is 15.4. The SMILES string of the molecule is CC1N(CCCN)C=CN1CCCCCCCCCCCCN. The van der Waals surface area contributed by atoms with Crippen LogP contribution in [0.15, 0.2) is 12.4 Å². The Hall–Kier alpha value is -0.740. The van der Waals surface area contributed by atoms with E-state index < -0.39 is 0 Å². The highest BCUT2D eigenvalue weighted by Gasteiger charge is 2.20. The van der Waals surface area contributed by atoms with Crippen LogP contribution in [0.5, 0.6) is 0 Å². The van der Waals surface area contributed by atoms with E-state index >= 15 is 0 Å². The zero-order valence-electron chi connectivity index (χ0n) is 15.4. The predicted molar refractivity (Wildman–Crippen MR) is 101 cm³/mol. The molecule has 0 aromatic rings. The quantitative estimate of drug-likeness (QED) is 0.452. The maximum absolute atomic E-state index is 5.60. The molecule has 0 amide bonds. The van der Waals surface area contributed by atoms with Crippen molar-refractivity contribution in [3.8, 4) is 0 Å². The fourth-order valence-electron chi connectivity index (χ4n) is 3.26. The second-order valence-electron chi connectivity index (χ2n) is 6.87. The molecule has 0 fully saturated rings. The van der Waals surface area contributed by atoms with E-state index in [2.05, 4.69) is 29.1 Å². The van der Waals surface area contributed by atoms with E-state index in [-0.39, 0.29) is 0 Å². The molecule has 4 heteroatoms. The molecule has 136 valence electrons. The Labute approximate surface area is 144 Å². The lowest BCUT2D eigenvalue weighted by molar-refractivity contribution is 0.167. The van der Waals surface area contributed by atoms with Crippen LogP contribution in [-0.2, 0) is 0 Å². The van der Waals surface area contributed by atoms with Crippen LogP contribution < -0.4 is 11.5 Å². The normalized spacial score (nSPS) is 17.4. The first-order valence-corrected chi connectivity index (χ1v) is 9.89. The van der Waals surface area contributed by atoms with Gasteiger partial charge in [-0.15, -0.1) is 0 Å². The predicted octanol–water partition coefficient (Wildman–Crippen LogP) is 3.63. The van der Waals surface area contributed by atoms with E-state index in [9.17, 15) is 0 Å². The van der Waals surface area contributed by atoms with Gasteiger partial charge in [-0.25, -0.2) is 0 Å². The van der Waals surface area contributed by atoms with Crippen molar-refractivity contribution < 1.29 is 0 Å². The van der Waals surface area contributed by atoms with Crippen LogP contribution in [0, 0.1) is 0 Å². The second kappa shape index (κ2) is 13.7. The molecule has 0 aromatic carbocycles. The summed E-state index contributed by atoms with van der Waals surface area (Å²) in [5.74, 6) is 0. The van der Waals surface area contributed by atoms with Gasteiger partial charge in [-0.05, 0) is 39.3 Å². The van der Waals surface area contributed by atoms with Crippen LogP contribution in [0.2, 0.25) is 0 Å². The summed E-state index contributed by atoms with van der Waals surface area (Å²) >= 11 is 0. The molecule has 1 unspecified atom stereocenters. The van der Waals surface area contributed by atoms with E-state index in [0.29, 0.717) is 6.17 Å². The van der Waals surface area contributed by atoms with E-state index in [1.54, 1.807) is 0 Å². The average molecular weight is 325 g/mol. The Bertz CT molecular complexity index is 293. The lowest BCUT2D eigenvalue weighted by atomic mass is 10.1. The summed E-state index contributed by atoms with van der Waals surface area (Å²) in [6.07, 6.45) is 19.7. The van der Waals surface area contributed by atoms with Gasteiger partial charge in [-0.1, -0.05) is 51.4 Å². The molecule has 1 atom stereocenters. The van der Waals surface area contributed by atoms with Gasteiger partial charge in [0.15, 0.2) is 0 Å². The minimum atomic E-state index is 0.509. The maximum atomic E-state index is 5.60. The molecule has 4 N–H and O–H groups in total. The number of nitrogens with two attached hydrogens (primary N) is 2. The molecular formula is C19H40N4. The summed E-state index contributed by atoms with van der Waals surface area (Å²) in [7, 11) is 0. The van der Waals surface area contributed by atoms with Crippen molar-refractivity contribution in [2.45, 2.75) is 83.7 Å². The van der Waals surface area contributed by atoms with Gasteiger partial charge in [0, 0.05) is 25.5 Å². The van der Waals surface area contributed by atoms with Gasteiger partial charge in [-0.3, -0.25) is 0 Å². The minimum absolute atomic E-state index is 0.509. The third-order valence-electron chi connectivity index (χ3n) is 4.90. The Morgan fingerprint density at radius 1 is 0.609 bits per heavy atom. The van der Waals surface area contributed by atoms with Crippen LogP contribution in [0.4, 0.5) is 0 Å². The van der Waals surface area contributed by atoms with Gasteiger partial charge in [0.2, 0.25) is 0 Å². The van der Waals surface area contributed by atoms with Crippen LogP contribution in [0.1, 0.15) is 77.6 Å². The topological polar surface area (TPSA) is 58.5 Å². The van der Waals surface area contributed by atoms with Crippen LogP contribution >= 0.6 is 0 Å². The molecule has 0 spiro atoms. The van der Waals surface area contributed by atoms with Gasteiger partial charge in [0.25, 0.3) is 0 Å². The summed E-state index contributed by atoms with van der Waals surface area (Å²) in [6, 6.07) is 0. The first-order valence-electron chi connectivity index (χ1n) is 9.89. The summed E-state index contributed by atoms with van der Waals surface area (Å²) in [5.41, 5.74) is 11.1. The molecule has 1 aliphatic heterocycles. The minimum Gasteiger partial charge on any atom is -0.356 e. The van der Waals surface area contributed by atoms with E-state index in [1.807, 2.05) is 0 Å². The zero-order chi connectivity index (χ0) is 16.8. The standard InChI is InChI=1S/C19H40N4/c1-19-22(17-18-23(19)16-12-14-21)15-11-9-7-5-3-2-4-6-8-10-13-20/h17-19H,2-16,20-21H2,1H3.